The van der Waals surface area contributed by atoms with Gasteiger partial charge in [-0.3, -0.25) is 0 Å². The Bertz CT molecular complexity index is 582. The quantitative estimate of drug-likeness (QED) is 0.665. The zero-order valence-electron chi connectivity index (χ0n) is 9.95. The topological polar surface area (TPSA) is 83.0 Å². The minimum atomic E-state index is -0.406. The summed E-state index contributed by atoms with van der Waals surface area (Å²) in [7, 11) is 3.13. The lowest BCUT2D eigenvalue weighted by Crippen LogP contribution is -2.02. The number of aromatic nitrogens is 3. The third kappa shape index (κ3) is 2.45. The van der Waals surface area contributed by atoms with Crippen LogP contribution < -0.4 is 5.73 Å². The van der Waals surface area contributed by atoms with Gasteiger partial charge in [0.15, 0.2) is 5.16 Å². The van der Waals surface area contributed by atoms with Crippen LogP contribution in [0.1, 0.15) is 10.4 Å². The van der Waals surface area contributed by atoms with Gasteiger partial charge in [0, 0.05) is 17.6 Å². The maximum atomic E-state index is 11.3. The summed E-state index contributed by atoms with van der Waals surface area (Å²) >= 11 is 1.39. The molecule has 1 aromatic heterocycles. The van der Waals surface area contributed by atoms with Crippen LogP contribution in [0.3, 0.4) is 0 Å². The van der Waals surface area contributed by atoms with Crippen molar-refractivity contribution in [1.29, 1.82) is 0 Å². The Morgan fingerprint density at radius 3 is 2.83 bits per heavy atom. The van der Waals surface area contributed by atoms with E-state index in [0.29, 0.717) is 11.3 Å². The predicted octanol–water partition coefficient (Wildman–Crippen LogP) is 1.34. The monoisotopic (exact) mass is 264 g/mol. The lowest BCUT2D eigenvalue weighted by Gasteiger charge is -2.06. The van der Waals surface area contributed by atoms with Crippen LogP contribution in [0.4, 0.5) is 5.69 Å². The highest BCUT2D eigenvalue weighted by atomic mass is 32.2. The van der Waals surface area contributed by atoms with E-state index in [0.717, 1.165) is 10.1 Å². The molecule has 0 fully saturated rings. The van der Waals surface area contributed by atoms with E-state index in [9.17, 15) is 4.79 Å². The summed E-state index contributed by atoms with van der Waals surface area (Å²) in [5.74, 6) is -0.406. The molecular weight excluding hydrogens is 252 g/mol. The number of anilines is 1. The molecule has 0 atom stereocenters. The number of nitrogens with zero attached hydrogens (tertiary/aromatic N) is 3. The highest BCUT2D eigenvalue weighted by Gasteiger charge is 2.10. The van der Waals surface area contributed by atoms with Gasteiger partial charge in [0.1, 0.15) is 6.33 Å². The van der Waals surface area contributed by atoms with Crippen molar-refractivity contribution in [2.45, 2.75) is 10.1 Å². The molecule has 1 aromatic carbocycles. The fraction of sp³-hybridized carbons (Fsp3) is 0.182. The normalized spacial score (nSPS) is 10.3. The molecule has 0 bridgehead atoms. The van der Waals surface area contributed by atoms with Crippen molar-refractivity contribution in [2.24, 2.45) is 7.05 Å². The zero-order chi connectivity index (χ0) is 13.1. The maximum absolute atomic E-state index is 11.3. The van der Waals surface area contributed by atoms with Crippen LogP contribution in [0.15, 0.2) is 34.6 Å². The molecule has 2 rings (SSSR count). The second-order valence-corrected chi connectivity index (χ2v) is 4.52. The second-order valence-electron chi connectivity index (χ2n) is 3.51. The zero-order valence-corrected chi connectivity index (χ0v) is 10.8. The van der Waals surface area contributed by atoms with Gasteiger partial charge in [0.25, 0.3) is 0 Å². The first-order valence-electron chi connectivity index (χ1n) is 5.11. The van der Waals surface area contributed by atoms with Crippen molar-refractivity contribution in [3.8, 4) is 0 Å². The van der Waals surface area contributed by atoms with E-state index in [2.05, 4.69) is 14.8 Å². The van der Waals surface area contributed by atoms with E-state index >= 15 is 0 Å². The second kappa shape index (κ2) is 5.09. The van der Waals surface area contributed by atoms with Crippen molar-refractivity contribution < 1.29 is 9.53 Å². The van der Waals surface area contributed by atoms with Gasteiger partial charge in [0.2, 0.25) is 0 Å². The Morgan fingerprint density at radius 1 is 1.50 bits per heavy atom. The average molecular weight is 264 g/mol. The van der Waals surface area contributed by atoms with Gasteiger partial charge in [-0.2, -0.15) is 5.10 Å². The molecule has 2 N–H and O–H groups in total. The number of aryl methyl sites for hydroxylation is 1. The SMILES string of the molecule is COC(=O)c1ccc(Sc2ncnn2C)c(N)c1. The Hall–Kier alpha value is -2.02. The molecule has 7 heteroatoms. The van der Waals surface area contributed by atoms with Gasteiger partial charge in [0.05, 0.1) is 12.7 Å². The molecule has 0 spiro atoms. The Kier molecular flexibility index (Phi) is 3.52. The van der Waals surface area contributed by atoms with Crippen LogP contribution in [0.25, 0.3) is 0 Å². The van der Waals surface area contributed by atoms with Gasteiger partial charge in [-0.05, 0) is 30.0 Å². The van der Waals surface area contributed by atoms with E-state index in [1.54, 1.807) is 29.9 Å². The van der Waals surface area contributed by atoms with Crippen molar-refractivity contribution >= 4 is 23.4 Å². The predicted molar refractivity (Wildman–Crippen MR) is 67.3 cm³/mol. The molecular formula is C11H12N4O2S. The minimum absolute atomic E-state index is 0.406. The van der Waals surface area contributed by atoms with Crippen LogP contribution >= 0.6 is 11.8 Å². The third-order valence-electron chi connectivity index (χ3n) is 2.30. The number of esters is 1. The largest absolute Gasteiger partial charge is 0.465 e. The molecule has 6 nitrogen and oxygen atoms in total. The van der Waals surface area contributed by atoms with Gasteiger partial charge >= 0.3 is 5.97 Å². The number of carbonyl (C=O) groups is 1. The molecule has 2 aromatic rings. The standard InChI is InChI=1S/C11H12N4O2S/c1-15-11(13-6-14-15)18-9-4-3-7(5-8(9)12)10(16)17-2/h3-6H,12H2,1-2H3. The number of nitrogen functional groups attached to an aromatic ring is 1. The first-order chi connectivity index (χ1) is 8.61. The van der Waals surface area contributed by atoms with Crippen molar-refractivity contribution in [1.82, 2.24) is 14.8 Å². The lowest BCUT2D eigenvalue weighted by molar-refractivity contribution is 0.0600. The molecule has 0 aliphatic heterocycles. The number of ether oxygens (including phenoxy) is 1. The van der Waals surface area contributed by atoms with Gasteiger partial charge in [-0.1, -0.05) is 0 Å². The van der Waals surface area contributed by atoms with Crippen LogP contribution in [0, 0.1) is 0 Å². The molecule has 0 unspecified atom stereocenters. The van der Waals surface area contributed by atoms with Gasteiger partial charge in [-0.25, -0.2) is 14.5 Å². The summed E-state index contributed by atoms with van der Waals surface area (Å²) < 4.78 is 6.28. The minimum Gasteiger partial charge on any atom is -0.465 e. The fourth-order valence-corrected chi connectivity index (χ4v) is 2.15. The van der Waals surface area contributed by atoms with Gasteiger partial charge < -0.3 is 10.5 Å². The van der Waals surface area contributed by atoms with Crippen LogP contribution in [0.2, 0.25) is 0 Å². The summed E-state index contributed by atoms with van der Waals surface area (Å²) in [5.41, 5.74) is 6.83. The van der Waals surface area contributed by atoms with Crippen molar-refractivity contribution in [3.63, 3.8) is 0 Å². The average Bonchev–Trinajstić information content (AvgIpc) is 2.76. The number of hydrogen-bond acceptors (Lipinski definition) is 6. The summed E-state index contributed by atoms with van der Waals surface area (Å²) in [6.07, 6.45) is 1.47. The maximum Gasteiger partial charge on any atom is 0.337 e. The Balaban J connectivity index is 2.25. The summed E-state index contributed by atoms with van der Waals surface area (Å²) in [4.78, 5) is 16.2. The van der Waals surface area contributed by atoms with E-state index in [1.807, 2.05) is 0 Å². The highest BCUT2D eigenvalue weighted by Crippen LogP contribution is 2.30. The molecule has 1 heterocycles. The first-order valence-corrected chi connectivity index (χ1v) is 5.93. The third-order valence-corrected chi connectivity index (χ3v) is 3.45. The number of rotatable bonds is 3. The number of nitrogens with two attached hydrogens (primary N) is 1. The van der Waals surface area contributed by atoms with E-state index in [4.69, 9.17) is 5.73 Å². The van der Waals surface area contributed by atoms with Crippen molar-refractivity contribution in [3.05, 3.63) is 30.1 Å². The summed E-state index contributed by atoms with van der Waals surface area (Å²) in [5, 5.41) is 4.70. The van der Waals surface area contributed by atoms with Gasteiger partial charge in [-0.15, -0.1) is 0 Å². The summed E-state index contributed by atoms with van der Waals surface area (Å²) in [6, 6.07) is 5.02. The smallest absolute Gasteiger partial charge is 0.337 e. The van der Waals surface area contributed by atoms with Crippen LogP contribution in [0.5, 0.6) is 0 Å². The fourth-order valence-electron chi connectivity index (χ4n) is 1.36. The molecule has 0 aliphatic carbocycles. The molecule has 0 saturated carbocycles. The lowest BCUT2D eigenvalue weighted by atomic mass is 10.2. The molecule has 94 valence electrons. The number of carbonyl (C=O) groups excluding carboxylic acids is 1. The Morgan fingerprint density at radius 2 is 2.28 bits per heavy atom. The molecule has 0 radical (unpaired) electrons. The molecule has 18 heavy (non-hydrogen) atoms. The summed E-state index contributed by atoms with van der Waals surface area (Å²) in [6.45, 7) is 0. The highest BCUT2D eigenvalue weighted by molar-refractivity contribution is 7.99. The van der Waals surface area contributed by atoms with E-state index in [-0.39, 0.29) is 0 Å². The van der Waals surface area contributed by atoms with E-state index in [1.165, 1.54) is 25.2 Å². The number of benzene rings is 1. The van der Waals surface area contributed by atoms with Crippen molar-refractivity contribution in [2.75, 3.05) is 12.8 Å². The van der Waals surface area contributed by atoms with Crippen LogP contribution in [-0.4, -0.2) is 27.8 Å². The van der Waals surface area contributed by atoms with E-state index < -0.39 is 5.97 Å². The first kappa shape index (κ1) is 12.4. The molecule has 0 aliphatic rings. The number of hydrogen-bond donors (Lipinski definition) is 1. The molecule has 0 saturated heterocycles. The Labute approximate surface area is 108 Å². The number of methoxy groups -OCH3 is 1. The van der Waals surface area contributed by atoms with Crippen LogP contribution in [-0.2, 0) is 11.8 Å². The molecule has 0 amide bonds.